The fourth-order valence-electron chi connectivity index (χ4n) is 2.01. The first-order chi connectivity index (χ1) is 11.0. The summed E-state index contributed by atoms with van der Waals surface area (Å²) >= 11 is 0. The molecule has 1 N–H and O–H groups in total. The molecule has 0 aliphatic carbocycles. The number of ether oxygens (including phenoxy) is 2. The lowest BCUT2D eigenvalue weighted by atomic mass is 10.0. The van der Waals surface area contributed by atoms with E-state index in [4.69, 9.17) is 9.47 Å². The summed E-state index contributed by atoms with van der Waals surface area (Å²) in [6, 6.07) is 13.0. The molecule has 0 radical (unpaired) electrons. The summed E-state index contributed by atoms with van der Waals surface area (Å²) in [4.78, 5) is 23.5. The highest BCUT2D eigenvalue weighted by Crippen LogP contribution is 2.26. The van der Waals surface area contributed by atoms with Gasteiger partial charge in [0.05, 0.1) is 5.56 Å². The van der Waals surface area contributed by atoms with Crippen LogP contribution in [0.5, 0.6) is 11.5 Å². The van der Waals surface area contributed by atoms with E-state index in [-0.39, 0.29) is 29.5 Å². The van der Waals surface area contributed by atoms with E-state index in [0.717, 1.165) is 0 Å². The van der Waals surface area contributed by atoms with Crippen LogP contribution in [0.2, 0.25) is 0 Å². The zero-order valence-corrected chi connectivity index (χ0v) is 13.0. The van der Waals surface area contributed by atoms with Gasteiger partial charge in [0.25, 0.3) is 0 Å². The van der Waals surface area contributed by atoms with Crippen molar-refractivity contribution in [1.82, 2.24) is 0 Å². The lowest BCUT2D eigenvalue weighted by Gasteiger charge is -2.15. The highest BCUT2D eigenvalue weighted by molar-refractivity contribution is 6.10. The summed E-state index contributed by atoms with van der Waals surface area (Å²) in [5.41, 5.74) is 0.670. The Hall–Kier alpha value is -2.82. The smallest absolute Gasteiger partial charge is 0.308 e. The Labute approximate surface area is 134 Å². The van der Waals surface area contributed by atoms with Gasteiger partial charge in [-0.3, -0.25) is 9.59 Å². The van der Waals surface area contributed by atoms with Crippen LogP contribution in [-0.4, -0.2) is 23.1 Å². The van der Waals surface area contributed by atoms with Crippen LogP contribution < -0.4 is 4.74 Å². The third kappa shape index (κ3) is 4.32. The van der Waals surface area contributed by atoms with E-state index in [1.54, 1.807) is 44.2 Å². The minimum absolute atomic E-state index is 0.182. The fourth-order valence-corrected chi connectivity index (χ4v) is 2.01. The molecule has 1 atom stereocenters. The van der Waals surface area contributed by atoms with Crippen molar-refractivity contribution in [2.24, 2.45) is 0 Å². The SMILES string of the molecule is CCC(=O)OC(C)Oc1ccc(C(=O)c2ccccc2)c(O)c1. The molecular weight excluding hydrogens is 296 g/mol. The van der Waals surface area contributed by atoms with Crippen LogP contribution in [0, 0.1) is 0 Å². The van der Waals surface area contributed by atoms with E-state index in [9.17, 15) is 14.7 Å². The van der Waals surface area contributed by atoms with E-state index < -0.39 is 6.29 Å². The molecule has 2 aromatic rings. The topological polar surface area (TPSA) is 72.8 Å². The second-order valence-corrected chi connectivity index (χ2v) is 4.90. The largest absolute Gasteiger partial charge is 0.507 e. The highest BCUT2D eigenvalue weighted by atomic mass is 16.7. The molecule has 0 fully saturated rings. The molecule has 0 aromatic heterocycles. The molecule has 0 heterocycles. The zero-order valence-electron chi connectivity index (χ0n) is 13.0. The lowest BCUT2D eigenvalue weighted by molar-refractivity contribution is -0.160. The van der Waals surface area contributed by atoms with Crippen LogP contribution in [0.3, 0.4) is 0 Å². The highest BCUT2D eigenvalue weighted by Gasteiger charge is 2.15. The first-order valence-corrected chi connectivity index (χ1v) is 7.30. The number of phenols is 1. The number of esters is 1. The second-order valence-electron chi connectivity index (χ2n) is 4.90. The van der Waals surface area contributed by atoms with Crippen LogP contribution in [0.1, 0.15) is 36.2 Å². The molecule has 0 bridgehead atoms. The molecule has 0 saturated carbocycles. The Morgan fingerprint density at radius 2 is 1.83 bits per heavy atom. The van der Waals surface area contributed by atoms with Gasteiger partial charge in [-0.2, -0.15) is 0 Å². The van der Waals surface area contributed by atoms with Gasteiger partial charge in [-0.15, -0.1) is 0 Å². The van der Waals surface area contributed by atoms with Gasteiger partial charge >= 0.3 is 5.97 Å². The van der Waals surface area contributed by atoms with Gasteiger partial charge in [-0.25, -0.2) is 0 Å². The van der Waals surface area contributed by atoms with Crippen molar-refractivity contribution in [1.29, 1.82) is 0 Å². The molecule has 5 heteroatoms. The Morgan fingerprint density at radius 3 is 2.43 bits per heavy atom. The Bertz CT molecular complexity index is 694. The monoisotopic (exact) mass is 314 g/mol. The number of carbonyl (C=O) groups is 2. The van der Waals surface area contributed by atoms with Crippen LogP contribution in [0.25, 0.3) is 0 Å². The molecule has 120 valence electrons. The molecular formula is C18H18O5. The van der Waals surface area contributed by atoms with Crippen molar-refractivity contribution in [3.05, 3.63) is 59.7 Å². The normalized spacial score (nSPS) is 11.6. The van der Waals surface area contributed by atoms with Crippen molar-refractivity contribution < 1.29 is 24.2 Å². The summed E-state index contributed by atoms with van der Waals surface area (Å²) in [6.07, 6.45) is -0.527. The maximum atomic E-state index is 12.3. The second kappa shape index (κ2) is 7.45. The van der Waals surface area contributed by atoms with Crippen molar-refractivity contribution in [2.45, 2.75) is 26.6 Å². The van der Waals surface area contributed by atoms with Crippen molar-refractivity contribution in [3.8, 4) is 11.5 Å². The van der Waals surface area contributed by atoms with Gasteiger partial charge in [-0.05, 0) is 12.1 Å². The Balaban J connectivity index is 2.12. The van der Waals surface area contributed by atoms with Gasteiger partial charge in [-0.1, -0.05) is 37.3 Å². The van der Waals surface area contributed by atoms with E-state index >= 15 is 0 Å². The summed E-state index contributed by atoms with van der Waals surface area (Å²) in [5.74, 6) is -0.536. The number of ketones is 1. The van der Waals surface area contributed by atoms with Crippen LogP contribution >= 0.6 is 0 Å². The van der Waals surface area contributed by atoms with E-state index in [1.165, 1.54) is 12.1 Å². The third-order valence-corrected chi connectivity index (χ3v) is 3.14. The molecule has 1 unspecified atom stereocenters. The van der Waals surface area contributed by atoms with E-state index in [2.05, 4.69) is 0 Å². The van der Waals surface area contributed by atoms with Crippen molar-refractivity contribution in [3.63, 3.8) is 0 Å². The molecule has 0 spiro atoms. The maximum absolute atomic E-state index is 12.3. The van der Waals surface area contributed by atoms with E-state index in [0.29, 0.717) is 11.3 Å². The summed E-state index contributed by atoms with van der Waals surface area (Å²) in [5, 5.41) is 10.1. The van der Waals surface area contributed by atoms with Crippen molar-refractivity contribution in [2.75, 3.05) is 0 Å². The van der Waals surface area contributed by atoms with Gasteiger partial charge in [0.2, 0.25) is 6.29 Å². The molecule has 23 heavy (non-hydrogen) atoms. The number of carbonyl (C=O) groups excluding carboxylic acids is 2. The quantitative estimate of drug-likeness (QED) is 0.503. The number of aromatic hydroxyl groups is 1. The molecule has 2 aromatic carbocycles. The summed E-state index contributed by atoms with van der Waals surface area (Å²) in [6.45, 7) is 3.26. The minimum Gasteiger partial charge on any atom is -0.507 e. The molecule has 5 nitrogen and oxygen atoms in total. The Morgan fingerprint density at radius 1 is 1.13 bits per heavy atom. The van der Waals surface area contributed by atoms with Crippen molar-refractivity contribution >= 4 is 11.8 Å². The lowest BCUT2D eigenvalue weighted by Crippen LogP contribution is -2.20. The zero-order chi connectivity index (χ0) is 16.8. The summed E-state index contributed by atoms with van der Waals surface area (Å²) < 4.78 is 10.4. The molecule has 2 rings (SSSR count). The summed E-state index contributed by atoms with van der Waals surface area (Å²) in [7, 11) is 0. The standard InChI is InChI=1S/C18H18O5/c1-3-17(20)23-12(2)22-14-9-10-15(16(19)11-14)18(21)13-7-5-4-6-8-13/h4-12,19H,3H2,1-2H3. The molecule has 0 saturated heterocycles. The maximum Gasteiger partial charge on any atom is 0.308 e. The van der Waals surface area contributed by atoms with E-state index in [1.807, 2.05) is 6.07 Å². The number of benzene rings is 2. The van der Waals surface area contributed by atoms with Crippen LogP contribution in [0.15, 0.2) is 48.5 Å². The number of hydrogen-bond acceptors (Lipinski definition) is 5. The van der Waals surface area contributed by atoms with Gasteiger partial charge in [0.15, 0.2) is 5.78 Å². The first kappa shape index (κ1) is 16.5. The average Bonchev–Trinajstić information content (AvgIpc) is 2.55. The van der Waals surface area contributed by atoms with Gasteiger partial charge in [0, 0.05) is 25.0 Å². The minimum atomic E-state index is -0.780. The van der Waals surface area contributed by atoms with Crippen LogP contribution in [0.4, 0.5) is 0 Å². The third-order valence-electron chi connectivity index (χ3n) is 3.14. The molecule has 0 aliphatic heterocycles. The Kier molecular flexibility index (Phi) is 5.36. The molecule has 0 aliphatic rings. The predicted molar refractivity (Wildman–Crippen MR) is 84.5 cm³/mol. The predicted octanol–water partition coefficient (Wildman–Crippen LogP) is 3.30. The number of rotatable bonds is 6. The van der Waals surface area contributed by atoms with Gasteiger partial charge < -0.3 is 14.6 Å². The average molecular weight is 314 g/mol. The number of phenolic OH excluding ortho intramolecular Hbond substituents is 1. The number of hydrogen-bond donors (Lipinski definition) is 1. The first-order valence-electron chi connectivity index (χ1n) is 7.30. The van der Waals surface area contributed by atoms with Crippen LogP contribution in [-0.2, 0) is 9.53 Å². The molecule has 0 amide bonds. The fraction of sp³-hybridized carbons (Fsp3) is 0.222. The van der Waals surface area contributed by atoms with Gasteiger partial charge in [0.1, 0.15) is 11.5 Å².